The van der Waals surface area contributed by atoms with Crippen LogP contribution in [0.5, 0.6) is 0 Å². The van der Waals surface area contributed by atoms with E-state index >= 15 is 0 Å². The van der Waals surface area contributed by atoms with E-state index in [9.17, 15) is 9.59 Å². The molecule has 3 heterocycles. The summed E-state index contributed by atoms with van der Waals surface area (Å²) < 4.78 is 5.96. The number of piperidine rings is 1. The minimum atomic E-state index is -0.486. The number of aromatic amines is 1. The van der Waals surface area contributed by atoms with E-state index in [1.54, 1.807) is 0 Å². The van der Waals surface area contributed by atoms with Crippen LogP contribution in [0, 0.1) is 5.92 Å². The highest BCUT2D eigenvalue weighted by Gasteiger charge is 2.23. The fraction of sp³-hybridized carbons (Fsp3) is 0.611. The number of thiophene rings is 1. The highest BCUT2D eigenvalue weighted by atomic mass is 32.1. The van der Waals surface area contributed by atoms with Crippen molar-refractivity contribution < 1.29 is 9.53 Å². The Morgan fingerprint density at radius 1 is 1.50 bits per heavy atom. The quantitative estimate of drug-likeness (QED) is 0.854. The number of carbonyl (C=O) groups is 1. The molecule has 2 N–H and O–H groups in total. The molecule has 1 unspecified atom stereocenters. The Morgan fingerprint density at radius 3 is 3.08 bits per heavy atom. The molecule has 1 fully saturated rings. The maximum absolute atomic E-state index is 12.1. The summed E-state index contributed by atoms with van der Waals surface area (Å²) in [5.74, 6) is 1.06. The van der Waals surface area contributed by atoms with Crippen molar-refractivity contribution in [3.8, 4) is 0 Å². The van der Waals surface area contributed by atoms with Crippen molar-refractivity contribution >= 4 is 27.6 Å². The van der Waals surface area contributed by atoms with Crippen molar-refractivity contribution in [2.24, 2.45) is 5.92 Å². The summed E-state index contributed by atoms with van der Waals surface area (Å²) in [4.78, 5) is 33.6. The fourth-order valence-electron chi connectivity index (χ4n) is 3.21. The monoisotopic (exact) mass is 378 g/mol. The number of hydrogen-bond acceptors (Lipinski definition) is 6. The van der Waals surface area contributed by atoms with Gasteiger partial charge >= 0.3 is 6.09 Å². The Kier molecular flexibility index (Phi) is 5.62. The van der Waals surface area contributed by atoms with E-state index in [0.717, 1.165) is 31.4 Å². The molecule has 0 aliphatic carbocycles. The number of ether oxygens (including phenoxy) is 1. The standard InChI is InChI=1S/C18H26N4O3S/c1-18(2,3)25-17(24)19-9-12-5-4-7-22(10-12)11-14-20-13-6-8-26-15(13)16(23)21-14/h6,8,12H,4-5,7,9-11H2,1-3H3,(H,19,24)(H,20,21,23). The molecule has 1 saturated heterocycles. The van der Waals surface area contributed by atoms with Crippen LogP contribution in [-0.4, -0.2) is 46.2 Å². The molecule has 1 atom stereocenters. The van der Waals surface area contributed by atoms with Crippen molar-refractivity contribution in [2.75, 3.05) is 19.6 Å². The van der Waals surface area contributed by atoms with Gasteiger partial charge in [0, 0.05) is 13.1 Å². The van der Waals surface area contributed by atoms with E-state index in [0.29, 0.717) is 29.5 Å². The van der Waals surface area contributed by atoms with Gasteiger partial charge in [0.05, 0.1) is 12.1 Å². The lowest BCUT2D eigenvalue weighted by Crippen LogP contribution is -2.42. The Morgan fingerprint density at radius 2 is 2.31 bits per heavy atom. The average Bonchev–Trinajstić information content (AvgIpc) is 3.01. The number of rotatable bonds is 4. The van der Waals surface area contributed by atoms with Crippen LogP contribution in [0.4, 0.5) is 4.79 Å². The van der Waals surface area contributed by atoms with Crippen LogP contribution in [0.15, 0.2) is 16.2 Å². The summed E-state index contributed by atoms with van der Waals surface area (Å²) in [6.45, 7) is 8.60. The molecular weight excluding hydrogens is 352 g/mol. The first-order valence-electron chi connectivity index (χ1n) is 8.96. The molecule has 0 bridgehead atoms. The smallest absolute Gasteiger partial charge is 0.407 e. The van der Waals surface area contributed by atoms with Crippen molar-refractivity contribution in [1.29, 1.82) is 0 Å². The first-order valence-corrected chi connectivity index (χ1v) is 9.84. The zero-order valence-corrected chi connectivity index (χ0v) is 16.3. The summed E-state index contributed by atoms with van der Waals surface area (Å²) >= 11 is 1.41. The number of fused-ring (bicyclic) bond motifs is 1. The van der Waals surface area contributed by atoms with Crippen LogP contribution in [0.1, 0.15) is 39.4 Å². The van der Waals surface area contributed by atoms with Gasteiger partial charge in [-0.1, -0.05) is 0 Å². The minimum absolute atomic E-state index is 0.0693. The molecule has 3 rings (SSSR count). The molecule has 1 amide bonds. The molecule has 2 aromatic heterocycles. The van der Waals surface area contributed by atoms with Gasteiger partial charge in [0.1, 0.15) is 16.1 Å². The zero-order valence-electron chi connectivity index (χ0n) is 15.5. The Hall–Kier alpha value is -1.93. The van der Waals surface area contributed by atoms with Crippen molar-refractivity contribution in [2.45, 2.75) is 45.8 Å². The number of alkyl carbamates (subject to hydrolysis) is 1. The van der Waals surface area contributed by atoms with E-state index < -0.39 is 5.60 Å². The molecule has 8 heteroatoms. The van der Waals surface area contributed by atoms with Crippen molar-refractivity contribution in [3.05, 3.63) is 27.6 Å². The molecule has 1 aliphatic heterocycles. The van der Waals surface area contributed by atoms with Gasteiger partial charge in [-0.2, -0.15) is 0 Å². The summed E-state index contributed by atoms with van der Waals surface area (Å²) in [6, 6.07) is 1.88. The van der Waals surface area contributed by atoms with Crippen LogP contribution in [0.3, 0.4) is 0 Å². The number of carbonyl (C=O) groups excluding carboxylic acids is 1. The first kappa shape index (κ1) is 18.8. The number of nitrogens with zero attached hydrogens (tertiary/aromatic N) is 2. The predicted molar refractivity (Wildman–Crippen MR) is 102 cm³/mol. The highest BCUT2D eigenvalue weighted by molar-refractivity contribution is 7.17. The van der Waals surface area contributed by atoms with E-state index in [-0.39, 0.29) is 11.7 Å². The normalized spacial score (nSPS) is 18.8. The summed E-state index contributed by atoms with van der Waals surface area (Å²) in [5.41, 5.74) is 0.203. The van der Waals surface area contributed by atoms with Gasteiger partial charge in [-0.25, -0.2) is 9.78 Å². The predicted octanol–water partition coefficient (Wildman–Crippen LogP) is 2.72. The maximum Gasteiger partial charge on any atom is 0.407 e. The van der Waals surface area contributed by atoms with Gasteiger partial charge in [0.15, 0.2) is 0 Å². The largest absolute Gasteiger partial charge is 0.444 e. The third-order valence-corrected chi connectivity index (χ3v) is 5.18. The second-order valence-corrected chi connectivity index (χ2v) is 8.69. The molecule has 0 spiro atoms. The minimum Gasteiger partial charge on any atom is -0.444 e. The molecule has 0 aromatic carbocycles. The maximum atomic E-state index is 12.1. The fourth-order valence-corrected chi connectivity index (χ4v) is 3.94. The second-order valence-electron chi connectivity index (χ2n) is 7.77. The average molecular weight is 378 g/mol. The van der Waals surface area contributed by atoms with Gasteiger partial charge < -0.3 is 15.0 Å². The topological polar surface area (TPSA) is 87.3 Å². The Balaban J connectivity index is 1.54. The summed E-state index contributed by atoms with van der Waals surface area (Å²) in [5, 5.41) is 4.75. The van der Waals surface area contributed by atoms with Gasteiger partial charge in [-0.3, -0.25) is 9.69 Å². The third kappa shape index (κ3) is 5.04. The molecule has 142 valence electrons. The van der Waals surface area contributed by atoms with Crippen LogP contribution in [-0.2, 0) is 11.3 Å². The number of nitrogens with one attached hydrogen (secondary N) is 2. The lowest BCUT2D eigenvalue weighted by atomic mass is 9.98. The van der Waals surface area contributed by atoms with Gasteiger partial charge in [-0.05, 0) is 57.5 Å². The lowest BCUT2D eigenvalue weighted by Gasteiger charge is -2.32. The number of aromatic nitrogens is 2. The van der Waals surface area contributed by atoms with Gasteiger partial charge in [0.25, 0.3) is 5.56 Å². The van der Waals surface area contributed by atoms with Gasteiger partial charge in [-0.15, -0.1) is 11.3 Å². The van der Waals surface area contributed by atoms with Crippen molar-refractivity contribution in [1.82, 2.24) is 20.2 Å². The number of amides is 1. The van der Waals surface area contributed by atoms with Crippen LogP contribution in [0.25, 0.3) is 10.2 Å². The van der Waals surface area contributed by atoms with Gasteiger partial charge in [0.2, 0.25) is 0 Å². The Labute approximate surface area is 156 Å². The number of hydrogen-bond donors (Lipinski definition) is 2. The molecule has 1 aliphatic rings. The Bertz CT molecular complexity index is 824. The number of likely N-dealkylation sites (tertiary alicyclic amines) is 1. The third-order valence-electron chi connectivity index (χ3n) is 4.27. The number of H-pyrrole nitrogens is 1. The lowest BCUT2D eigenvalue weighted by molar-refractivity contribution is 0.0505. The molecule has 2 aromatic rings. The zero-order chi connectivity index (χ0) is 18.7. The van der Waals surface area contributed by atoms with Crippen LogP contribution < -0.4 is 10.9 Å². The molecule has 26 heavy (non-hydrogen) atoms. The van der Waals surface area contributed by atoms with E-state index in [2.05, 4.69) is 20.2 Å². The van der Waals surface area contributed by atoms with E-state index in [4.69, 9.17) is 4.74 Å². The first-order chi connectivity index (χ1) is 12.3. The summed E-state index contributed by atoms with van der Waals surface area (Å²) in [6.07, 6.45) is 1.76. The van der Waals surface area contributed by atoms with E-state index in [1.807, 2.05) is 32.2 Å². The van der Waals surface area contributed by atoms with Crippen molar-refractivity contribution in [3.63, 3.8) is 0 Å². The van der Waals surface area contributed by atoms with Crippen LogP contribution in [0.2, 0.25) is 0 Å². The molecular formula is C18H26N4O3S. The summed E-state index contributed by atoms with van der Waals surface area (Å²) in [7, 11) is 0. The van der Waals surface area contributed by atoms with Crippen LogP contribution >= 0.6 is 11.3 Å². The van der Waals surface area contributed by atoms with E-state index in [1.165, 1.54) is 11.3 Å². The second kappa shape index (κ2) is 7.75. The SMILES string of the molecule is CC(C)(C)OC(=O)NCC1CCCN(Cc2nc3ccsc3c(=O)[nH]2)C1. The molecule has 0 saturated carbocycles. The molecule has 7 nitrogen and oxygen atoms in total. The molecule has 0 radical (unpaired) electrons. The highest BCUT2D eigenvalue weighted by Crippen LogP contribution is 2.19.